The average molecular weight is 310 g/mol. The summed E-state index contributed by atoms with van der Waals surface area (Å²) in [5, 5.41) is 8.49. The first kappa shape index (κ1) is 14.1. The molecule has 112 valence electrons. The van der Waals surface area contributed by atoms with E-state index < -0.39 is 0 Å². The summed E-state index contributed by atoms with van der Waals surface area (Å²) in [6, 6.07) is 0. The number of aromatic nitrogens is 4. The van der Waals surface area contributed by atoms with Crippen LogP contribution in [0.3, 0.4) is 0 Å². The summed E-state index contributed by atoms with van der Waals surface area (Å²) in [7, 11) is 1.73. The highest BCUT2D eigenvalue weighted by atomic mass is 35.5. The van der Waals surface area contributed by atoms with E-state index in [1.54, 1.807) is 23.6 Å². The molecule has 3 rings (SSSR count). The van der Waals surface area contributed by atoms with Crippen molar-refractivity contribution in [2.45, 2.75) is 25.7 Å². The van der Waals surface area contributed by atoms with Crippen LogP contribution in [0.5, 0.6) is 0 Å². The maximum absolute atomic E-state index is 12.6. The maximum Gasteiger partial charge on any atom is 0.273 e. The molecule has 7 nitrogen and oxygen atoms in total. The summed E-state index contributed by atoms with van der Waals surface area (Å²) in [4.78, 5) is 18.5. The molecule has 1 fully saturated rings. The second kappa shape index (κ2) is 5.48. The van der Waals surface area contributed by atoms with Gasteiger partial charge in [-0.25, -0.2) is 0 Å². The molecule has 1 aliphatic rings. The molecular weight excluding hydrogens is 294 g/mol. The van der Waals surface area contributed by atoms with Crippen molar-refractivity contribution in [3.63, 3.8) is 0 Å². The summed E-state index contributed by atoms with van der Waals surface area (Å²) < 4.78 is 6.32. The van der Waals surface area contributed by atoms with Crippen molar-refractivity contribution >= 4 is 17.5 Å². The van der Waals surface area contributed by atoms with Crippen LogP contribution < -0.4 is 0 Å². The zero-order valence-corrected chi connectivity index (χ0v) is 12.7. The predicted octanol–water partition coefficient (Wildman–Crippen LogP) is 1.78. The minimum absolute atomic E-state index is 0.0744. The van der Waals surface area contributed by atoms with Crippen LogP contribution in [-0.2, 0) is 7.05 Å². The minimum atomic E-state index is -0.0744. The normalized spacial score (nSPS) is 16.4. The monoisotopic (exact) mass is 309 g/mol. The zero-order valence-electron chi connectivity index (χ0n) is 11.9. The van der Waals surface area contributed by atoms with E-state index in [0.717, 1.165) is 18.7 Å². The minimum Gasteiger partial charge on any atom is -0.343 e. The smallest absolute Gasteiger partial charge is 0.273 e. The Morgan fingerprint density at radius 3 is 2.67 bits per heavy atom. The van der Waals surface area contributed by atoms with Crippen molar-refractivity contribution in [3.8, 4) is 0 Å². The molecule has 0 atom stereocenters. The molecule has 0 N–H and O–H groups in total. The van der Waals surface area contributed by atoms with Crippen LogP contribution in [0.1, 0.15) is 40.8 Å². The molecule has 0 aliphatic carbocycles. The third-order valence-electron chi connectivity index (χ3n) is 3.88. The molecular formula is C13H16ClN5O2. The Labute approximate surface area is 126 Å². The Bertz CT molecular complexity index is 644. The van der Waals surface area contributed by atoms with E-state index in [-0.39, 0.29) is 11.8 Å². The number of carbonyl (C=O) groups is 1. The van der Waals surface area contributed by atoms with Crippen molar-refractivity contribution in [2.24, 2.45) is 7.05 Å². The van der Waals surface area contributed by atoms with Gasteiger partial charge in [0, 0.05) is 26.1 Å². The molecule has 1 amide bonds. The molecule has 0 aromatic carbocycles. The molecule has 0 radical (unpaired) electrons. The van der Waals surface area contributed by atoms with E-state index in [0.29, 0.717) is 29.5 Å². The predicted molar refractivity (Wildman–Crippen MR) is 75.1 cm³/mol. The van der Waals surface area contributed by atoms with Crippen molar-refractivity contribution in [1.29, 1.82) is 0 Å². The molecule has 0 unspecified atom stereocenters. The quantitative estimate of drug-likeness (QED) is 0.845. The Morgan fingerprint density at radius 2 is 2.14 bits per heavy atom. The number of hydrogen-bond acceptors (Lipinski definition) is 5. The molecule has 1 aliphatic heterocycles. The van der Waals surface area contributed by atoms with E-state index in [9.17, 15) is 4.79 Å². The number of amides is 1. The first-order chi connectivity index (χ1) is 10.1. The van der Waals surface area contributed by atoms with Gasteiger partial charge in [0.1, 0.15) is 5.69 Å². The van der Waals surface area contributed by atoms with Crippen LogP contribution in [0.25, 0.3) is 0 Å². The number of rotatable bonds is 2. The lowest BCUT2D eigenvalue weighted by molar-refractivity contribution is 0.0699. The molecule has 3 heterocycles. The Kier molecular flexibility index (Phi) is 3.67. The van der Waals surface area contributed by atoms with Gasteiger partial charge in [0.15, 0.2) is 5.82 Å². The molecule has 2 aromatic heterocycles. The van der Waals surface area contributed by atoms with Crippen molar-refractivity contribution in [2.75, 3.05) is 13.1 Å². The Balaban J connectivity index is 1.70. The topological polar surface area (TPSA) is 77.0 Å². The highest BCUT2D eigenvalue weighted by Crippen LogP contribution is 2.28. The van der Waals surface area contributed by atoms with Gasteiger partial charge in [0.05, 0.1) is 10.7 Å². The summed E-state index contributed by atoms with van der Waals surface area (Å²) in [6.07, 6.45) is 2.98. The average Bonchev–Trinajstić information content (AvgIpc) is 3.08. The van der Waals surface area contributed by atoms with Gasteiger partial charge < -0.3 is 9.42 Å². The van der Waals surface area contributed by atoms with Gasteiger partial charge in [-0.15, -0.1) is 0 Å². The number of hydrogen-bond donors (Lipinski definition) is 0. The molecule has 0 saturated carbocycles. The van der Waals surface area contributed by atoms with Gasteiger partial charge in [-0.3, -0.25) is 9.48 Å². The first-order valence-corrected chi connectivity index (χ1v) is 7.20. The Hall–Kier alpha value is -1.89. The van der Waals surface area contributed by atoms with Crippen LogP contribution >= 0.6 is 11.6 Å². The van der Waals surface area contributed by atoms with E-state index in [1.165, 1.54) is 6.39 Å². The van der Waals surface area contributed by atoms with E-state index in [4.69, 9.17) is 16.1 Å². The van der Waals surface area contributed by atoms with Crippen LogP contribution in [-0.4, -0.2) is 43.8 Å². The molecule has 1 saturated heterocycles. The van der Waals surface area contributed by atoms with E-state index >= 15 is 0 Å². The number of carbonyl (C=O) groups excluding carboxylic acids is 1. The lowest BCUT2D eigenvalue weighted by Gasteiger charge is -2.30. The third kappa shape index (κ3) is 2.53. The standard InChI is InChI=1S/C13H16ClN5O2/c1-8-10(14)11(18(2)16-8)13(20)19-5-3-9(4-6-19)12-15-7-21-17-12/h7,9H,3-6H2,1-2H3. The number of halogens is 1. The zero-order chi connectivity index (χ0) is 15.0. The summed E-state index contributed by atoms with van der Waals surface area (Å²) in [5.74, 6) is 0.891. The summed E-state index contributed by atoms with van der Waals surface area (Å²) >= 11 is 6.17. The fraction of sp³-hybridized carbons (Fsp3) is 0.538. The second-order valence-corrected chi connectivity index (χ2v) is 5.61. The number of piperidine rings is 1. The fourth-order valence-corrected chi connectivity index (χ4v) is 2.95. The van der Waals surface area contributed by atoms with Crippen LogP contribution in [0.2, 0.25) is 5.02 Å². The third-order valence-corrected chi connectivity index (χ3v) is 4.33. The van der Waals surface area contributed by atoms with E-state index in [2.05, 4.69) is 15.2 Å². The number of likely N-dealkylation sites (tertiary alicyclic amines) is 1. The first-order valence-electron chi connectivity index (χ1n) is 6.82. The number of aryl methyl sites for hydroxylation is 2. The summed E-state index contributed by atoms with van der Waals surface area (Å²) in [6.45, 7) is 3.10. The van der Waals surface area contributed by atoms with Gasteiger partial charge >= 0.3 is 0 Å². The largest absolute Gasteiger partial charge is 0.343 e. The van der Waals surface area contributed by atoms with Crippen molar-refractivity contribution < 1.29 is 9.32 Å². The Morgan fingerprint density at radius 1 is 1.43 bits per heavy atom. The molecule has 8 heteroatoms. The second-order valence-electron chi connectivity index (χ2n) is 5.23. The fourth-order valence-electron chi connectivity index (χ4n) is 2.71. The van der Waals surface area contributed by atoms with Crippen molar-refractivity contribution in [3.05, 3.63) is 28.6 Å². The molecule has 0 bridgehead atoms. The van der Waals surface area contributed by atoms with Crippen LogP contribution in [0.15, 0.2) is 10.9 Å². The SMILES string of the molecule is Cc1nn(C)c(C(=O)N2CCC(c3ncon3)CC2)c1Cl. The van der Waals surface area contributed by atoms with Gasteiger partial charge in [0.2, 0.25) is 6.39 Å². The van der Waals surface area contributed by atoms with Crippen molar-refractivity contribution in [1.82, 2.24) is 24.8 Å². The van der Waals surface area contributed by atoms with E-state index in [1.807, 2.05) is 0 Å². The summed E-state index contributed by atoms with van der Waals surface area (Å²) in [5.41, 5.74) is 1.12. The highest BCUT2D eigenvalue weighted by molar-refractivity contribution is 6.34. The lowest BCUT2D eigenvalue weighted by Crippen LogP contribution is -2.39. The van der Waals surface area contributed by atoms with Gasteiger partial charge in [-0.2, -0.15) is 10.1 Å². The van der Waals surface area contributed by atoms with Gasteiger partial charge in [-0.05, 0) is 19.8 Å². The van der Waals surface area contributed by atoms with Crippen LogP contribution in [0.4, 0.5) is 0 Å². The highest BCUT2D eigenvalue weighted by Gasteiger charge is 2.29. The van der Waals surface area contributed by atoms with Gasteiger partial charge in [0.25, 0.3) is 5.91 Å². The lowest BCUT2D eigenvalue weighted by atomic mass is 9.96. The maximum atomic E-state index is 12.6. The molecule has 21 heavy (non-hydrogen) atoms. The number of nitrogens with zero attached hydrogens (tertiary/aromatic N) is 5. The van der Waals surface area contributed by atoms with Crippen LogP contribution in [0, 0.1) is 6.92 Å². The molecule has 2 aromatic rings. The molecule has 0 spiro atoms. The van der Waals surface area contributed by atoms with Gasteiger partial charge in [-0.1, -0.05) is 16.8 Å².